The number of nitrogens with zero attached hydrogens (tertiary/aromatic N) is 3. The first-order chi connectivity index (χ1) is 23.9. The van der Waals surface area contributed by atoms with E-state index in [9.17, 15) is 13.2 Å². The summed E-state index contributed by atoms with van der Waals surface area (Å²) in [5.74, 6) is 0. The van der Waals surface area contributed by atoms with E-state index in [2.05, 4.69) is 36.1 Å². The van der Waals surface area contributed by atoms with Gasteiger partial charge >= 0.3 is 6.09 Å². The summed E-state index contributed by atoms with van der Waals surface area (Å²) < 4.78 is 35.8. The predicted molar refractivity (Wildman–Crippen MR) is 206 cm³/mol. The lowest BCUT2D eigenvalue weighted by Gasteiger charge is -2.38. The first kappa shape index (κ1) is 36.7. The van der Waals surface area contributed by atoms with Crippen LogP contribution >= 0.6 is 13.5 Å². The normalized spacial score (nSPS) is 14.1. The summed E-state index contributed by atoms with van der Waals surface area (Å²) in [6.45, 7) is 4.61. The summed E-state index contributed by atoms with van der Waals surface area (Å²) in [6.07, 6.45) is 0.625. The van der Waals surface area contributed by atoms with E-state index in [0.717, 1.165) is 24.2 Å². The van der Waals surface area contributed by atoms with Crippen LogP contribution in [-0.4, -0.2) is 56.1 Å². The number of sulfonamides is 1. The fourth-order valence-corrected chi connectivity index (χ4v) is 8.07. The van der Waals surface area contributed by atoms with Gasteiger partial charge in [-0.25, -0.2) is 13.2 Å². The van der Waals surface area contributed by atoms with E-state index in [1.165, 1.54) is 11.1 Å². The molecule has 6 rings (SSSR count). The maximum Gasteiger partial charge on any atom is 0.409 e. The Morgan fingerprint density at radius 1 is 0.700 bits per heavy atom. The number of rotatable bonds is 12. The van der Waals surface area contributed by atoms with Gasteiger partial charge in [-0.3, -0.25) is 9.21 Å². The van der Waals surface area contributed by atoms with Crippen molar-refractivity contribution in [2.24, 2.45) is 0 Å². The Balaban J connectivity index is 0.00000486. The minimum atomic E-state index is -3.88. The fraction of sp³-hybridized carbons (Fsp3) is 0.244. The Bertz CT molecular complexity index is 1830. The molecule has 1 fully saturated rings. The minimum Gasteiger partial charge on any atom is -0.448 e. The van der Waals surface area contributed by atoms with Gasteiger partial charge in [0.2, 0.25) is 0 Å². The van der Waals surface area contributed by atoms with Crippen molar-refractivity contribution in [3.05, 3.63) is 157 Å². The Morgan fingerprint density at radius 3 is 1.68 bits per heavy atom. The molecule has 0 aliphatic carbocycles. The van der Waals surface area contributed by atoms with Crippen LogP contribution in [0.15, 0.2) is 150 Å². The van der Waals surface area contributed by atoms with Crippen LogP contribution in [-0.2, 0) is 27.8 Å². The Morgan fingerprint density at radius 2 is 1.16 bits per heavy atom. The van der Waals surface area contributed by atoms with Crippen LogP contribution in [0, 0.1) is 0 Å². The van der Waals surface area contributed by atoms with Crippen molar-refractivity contribution in [2.45, 2.75) is 49.8 Å². The number of hydrogen-bond donors (Lipinski definition) is 0. The highest BCUT2D eigenvalue weighted by Gasteiger charge is 2.35. The summed E-state index contributed by atoms with van der Waals surface area (Å²) in [4.78, 5) is 17.6. The van der Waals surface area contributed by atoms with E-state index >= 15 is 0 Å². The molecule has 1 saturated heterocycles. The first-order valence-corrected chi connectivity index (χ1v) is 18.3. The van der Waals surface area contributed by atoms with E-state index in [4.69, 9.17) is 4.74 Å². The molecule has 0 N–H and O–H groups in total. The molecule has 0 aromatic heterocycles. The summed E-state index contributed by atoms with van der Waals surface area (Å²) in [6, 6.07) is 46.5. The zero-order valence-electron chi connectivity index (χ0n) is 28.3. The van der Waals surface area contributed by atoms with Crippen LogP contribution in [0.3, 0.4) is 0 Å². The van der Waals surface area contributed by atoms with Crippen LogP contribution in [0.5, 0.6) is 0 Å². The molecule has 1 amide bonds. The van der Waals surface area contributed by atoms with Crippen molar-refractivity contribution >= 4 is 35.3 Å². The molecule has 7 nitrogen and oxygen atoms in total. The van der Waals surface area contributed by atoms with E-state index in [1.807, 2.05) is 109 Å². The Labute approximate surface area is 303 Å². The lowest BCUT2D eigenvalue weighted by Crippen LogP contribution is -2.49. The van der Waals surface area contributed by atoms with E-state index in [0.29, 0.717) is 31.6 Å². The topological polar surface area (TPSA) is 70.2 Å². The molecule has 0 bridgehead atoms. The molecule has 5 aromatic rings. The minimum absolute atomic E-state index is 0. The van der Waals surface area contributed by atoms with Crippen molar-refractivity contribution in [1.82, 2.24) is 9.80 Å². The van der Waals surface area contributed by atoms with Crippen molar-refractivity contribution in [3.63, 3.8) is 0 Å². The standard InChI is InChI=1S/C41H43N3O4S.H2S/c1-33(43(30-34-14-6-2-7-15-34)31-35-16-8-3-9-17-35)32-48-41(45)42-28-26-39(27-29-42)44(38-20-12-5-13-21-38)49(46,47)40-24-22-37(23-25-40)36-18-10-4-11-19-36;/h2-25,33,39H,26-32H2,1H3;1H2/t33-;/m0./s1. The second-order valence-corrected chi connectivity index (χ2v) is 14.4. The summed E-state index contributed by atoms with van der Waals surface area (Å²) in [5.41, 5.74) is 4.99. The Kier molecular flexibility index (Phi) is 12.8. The number of carbonyl (C=O) groups excluding carboxylic acids is 1. The molecule has 0 saturated carbocycles. The van der Waals surface area contributed by atoms with Gasteiger partial charge in [-0.1, -0.05) is 121 Å². The van der Waals surface area contributed by atoms with Gasteiger partial charge in [-0.05, 0) is 66.3 Å². The number of para-hydroxylation sites is 1. The average Bonchev–Trinajstić information content (AvgIpc) is 3.15. The van der Waals surface area contributed by atoms with Crippen LogP contribution in [0.1, 0.15) is 30.9 Å². The number of benzene rings is 5. The zero-order chi connectivity index (χ0) is 34.1. The third kappa shape index (κ3) is 9.15. The van der Waals surface area contributed by atoms with Crippen molar-refractivity contribution in [2.75, 3.05) is 24.0 Å². The lowest BCUT2D eigenvalue weighted by molar-refractivity contribution is 0.0592. The van der Waals surface area contributed by atoms with Gasteiger partial charge in [-0.15, -0.1) is 0 Å². The molecule has 0 spiro atoms. The predicted octanol–water partition coefficient (Wildman–Crippen LogP) is 8.35. The molecular weight excluding hydrogens is 663 g/mol. The smallest absolute Gasteiger partial charge is 0.409 e. The highest BCUT2D eigenvalue weighted by atomic mass is 32.2. The second-order valence-electron chi connectivity index (χ2n) is 12.5. The third-order valence-corrected chi connectivity index (χ3v) is 11.0. The number of hydrogen-bond acceptors (Lipinski definition) is 5. The second kappa shape index (κ2) is 17.4. The Hall–Kier alpha value is -4.57. The van der Waals surface area contributed by atoms with Gasteiger partial charge in [0.25, 0.3) is 10.0 Å². The number of piperidine rings is 1. The molecule has 0 radical (unpaired) electrons. The van der Waals surface area contributed by atoms with Crippen LogP contribution < -0.4 is 4.31 Å². The summed E-state index contributed by atoms with van der Waals surface area (Å²) >= 11 is 0. The SMILES string of the molecule is C[C@@H](COC(=O)N1CCC(N(c2ccccc2)S(=O)(=O)c2ccc(-c3ccccc3)cc2)CC1)N(Cc1ccccc1)Cc1ccccc1.S. The molecule has 260 valence electrons. The van der Waals surface area contributed by atoms with Crippen LogP contribution in [0.25, 0.3) is 11.1 Å². The molecule has 5 aromatic carbocycles. The maximum atomic E-state index is 14.2. The molecule has 50 heavy (non-hydrogen) atoms. The van der Waals surface area contributed by atoms with Gasteiger partial charge < -0.3 is 9.64 Å². The van der Waals surface area contributed by atoms with Crippen molar-refractivity contribution < 1.29 is 17.9 Å². The number of anilines is 1. The van der Waals surface area contributed by atoms with Gasteiger partial charge in [0, 0.05) is 38.3 Å². The van der Waals surface area contributed by atoms with Gasteiger partial charge in [-0.2, -0.15) is 13.5 Å². The number of ether oxygens (including phenoxy) is 1. The maximum absolute atomic E-state index is 14.2. The average molecular weight is 708 g/mol. The zero-order valence-corrected chi connectivity index (χ0v) is 30.2. The first-order valence-electron chi connectivity index (χ1n) is 16.9. The van der Waals surface area contributed by atoms with Gasteiger partial charge in [0.05, 0.1) is 10.6 Å². The van der Waals surface area contributed by atoms with Crippen molar-refractivity contribution in [1.29, 1.82) is 0 Å². The molecule has 9 heteroatoms. The molecule has 1 atom stereocenters. The number of amides is 1. The highest BCUT2D eigenvalue weighted by Crippen LogP contribution is 2.32. The van der Waals surface area contributed by atoms with E-state index in [1.54, 1.807) is 21.3 Å². The summed E-state index contributed by atoms with van der Waals surface area (Å²) in [5, 5.41) is 0. The number of carbonyl (C=O) groups is 1. The largest absolute Gasteiger partial charge is 0.448 e. The highest BCUT2D eigenvalue weighted by molar-refractivity contribution is 7.92. The summed E-state index contributed by atoms with van der Waals surface area (Å²) in [7, 11) is -3.88. The monoisotopic (exact) mass is 707 g/mol. The fourth-order valence-electron chi connectivity index (χ4n) is 6.36. The lowest BCUT2D eigenvalue weighted by atomic mass is 10.0. The van der Waals surface area contributed by atoms with E-state index in [-0.39, 0.29) is 43.2 Å². The molecular formula is C41H45N3O4S2. The molecule has 1 aliphatic heterocycles. The molecule has 1 aliphatic rings. The van der Waals surface area contributed by atoms with Crippen LogP contribution in [0.2, 0.25) is 0 Å². The van der Waals surface area contributed by atoms with Gasteiger partial charge in [0.1, 0.15) is 6.61 Å². The molecule has 1 heterocycles. The van der Waals surface area contributed by atoms with Crippen LogP contribution in [0.4, 0.5) is 10.5 Å². The molecule has 0 unspecified atom stereocenters. The third-order valence-electron chi connectivity index (χ3n) is 9.11. The number of likely N-dealkylation sites (tertiary alicyclic amines) is 1. The van der Waals surface area contributed by atoms with Crippen molar-refractivity contribution in [3.8, 4) is 11.1 Å². The quantitative estimate of drug-likeness (QED) is 0.130. The van der Waals surface area contributed by atoms with E-state index < -0.39 is 10.0 Å². The van der Waals surface area contributed by atoms with Gasteiger partial charge in [0.15, 0.2) is 0 Å².